The number of aliphatic carboxylic acids is 1. The van der Waals surface area contributed by atoms with Gasteiger partial charge in [-0.1, -0.05) is 30.3 Å². The van der Waals surface area contributed by atoms with Gasteiger partial charge in [-0.05, 0) is 35.7 Å². The summed E-state index contributed by atoms with van der Waals surface area (Å²) >= 11 is 0. The minimum absolute atomic E-state index is 0.0792. The van der Waals surface area contributed by atoms with Crippen molar-refractivity contribution >= 4 is 52.3 Å². The summed E-state index contributed by atoms with van der Waals surface area (Å²) in [5.41, 5.74) is 2.17. The van der Waals surface area contributed by atoms with Crippen LogP contribution in [-0.4, -0.2) is 126 Å². The van der Waals surface area contributed by atoms with E-state index < -0.39 is 85.0 Å². The maximum atomic E-state index is 14.0. The van der Waals surface area contributed by atoms with Gasteiger partial charge in [0.25, 0.3) is 0 Å². The molecule has 0 bridgehead atoms. The Morgan fingerprint density at radius 2 is 1.33 bits per heavy atom. The van der Waals surface area contributed by atoms with Gasteiger partial charge in [0.05, 0.1) is 25.2 Å². The zero-order valence-electron chi connectivity index (χ0n) is 30.4. The average molecular weight is 790 g/mol. The molecule has 1 aliphatic heterocycles. The number of hydrogen-bond acceptors (Lipinski definition) is 11. The summed E-state index contributed by atoms with van der Waals surface area (Å²) in [4.78, 5) is 101. The SMILES string of the molecule is O=C1CC[C@@H](C(=O)N[C@@H](Cc2c[nH]cn2)C(=O)N[C@@H](Cc2c[nH]c3ccccc23)C(=O)N[C@@H](CO)C(=O)N[C@@H](Cc2ccc(O)cc2)C(=O)N[C@H](CO)C(=O)O)N1. The van der Waals surface area contributed by atoms with Crippen molar-refractivity contribution in [1.29, 1.82) is 0 Å². The molecule has 0 spiro atoms. The number of carboxylic acids is 1. The molecule has 6 amide bonds. The summed E-state index contributed by atoms with van der Waals surface area (Å²) in [5.74, 6) is -6.35. The van der Waals surface area contributed by atoms with Crippen LogP contribution < -0.4 is 31.9 Å². The number of carbonyl (C=O) groups is 7. The standard InChI is InChI=1S/C37H43N9O11/c47-16-29(36(55)42-26(11-19-5-7-22(49)8-6-19)33(52)46-30(17-48)37(56)57)45-34(53)27(12-20-14-39-24-4-2-1-3-23(20)24)43-35(54)28(13-21-15-38-18-40-21)44-32(51)25-9-10-31(50)41-25/h1-8,14-15,18,25-30,39,47-49H,9-13,16-17H2,(H,38,40)(H,41,50)(H,42,55)(H,43,54)(H,44,51)(H,45,53)(H,46,52)(H,56,57)/t25-,26-,27-,28-,29-,30+/m0/s1. The lowest BCUT2D eigenvalue weighted by Gasteiger charge is -2.26. The largest absolute Gasteiger partial charge is 0.508 e. The van der Waals surface area contributed by atoms with Crippen molar-refractivity contribution in [3.63, 3.8) is 0 Å². The van der Waals surface area contributed by atoms with E-state index in [1.54, 1.807) is 30.5 Å². The van der Waals surface area contributed by atoms with Gasteiger partial charge in [-0.15, -0.1) is 0 Å². The lowest BCUT2D eigenvalue weighted by Crippen LogP contribution is -2.61. The number of aromatic hydroxyl groups is 1. The Kier molecular flexibility index (Phi) is 13.9. The average Bonchev–Trinajstić information content (AvgIpc) is 3.97. The molecule has 2 aromatic carbocycles. The molecule has 20 heteroatoms. The fraction of sp³-hybridized carbons (Fsp3) is 0.351. The Morgan fingerprint density at radius 1 is 0.737 bits per heavy atom. The Labute approximate surface area is 324 Å². The van der Waals surface area contributed by atoms with Crippen LogP contribution in [0.4, 0.5) is 0 Å². The zero-order chi connectivity index (χ0) is 41.1. The van der Waals surface area contributed by atoms with Crippen LogP contribution >= 0.6 is 0 Å². The molecular weight excluding hydrogens is 746 g/mol. The number of H-pyrrole nitrogens is 2. The maximum absolute atomic E-state index is 14.0. The van der Waals surface area contributed by atoms with Crippen molar-refractivity contribution in [2.75, 3.05) is 13.2 Å². The number of aliphatic hydroxyl groups is 2. The topological polar surface area (TPSA) is 317 Å². The summed E-state index contributed by atoms with van der Waals surface area (Å²) in [6, 6.07) is 4.28. The molecule has 0 radical (unpaired) electrons. The van der Waals surface area contributed by atoms with E-state index in [9.17, 15) is 54.0 Å². The molecular formula is C37H43N9O11. The van der Waals surface area contributed by atoms with Gasteiger partial charge in [0.2, 0.25) is 35.4 Å². The van der Waals surface area contributed by atoms with Crippen LogP contribution in [0.25, 0.3) is 10.9 Å². The first-order valence-corrected chi connectivity index (χ1v) is 17.9. The highest BCUT2D eigenvalue weighted by atomic mass is 16.4. The number of carboxylic acid groups (broad SMARTS) is 1. The summed E-state index contributed by atoms with van der Waals surface area (Å²) in [7, 11) is 0. The number of aromatic nitrogens is 3. The van der Waals surface area contributed by atoms with Gasteiger partial charge < -0.3 is 62.3 Å². The van der Waals surface area contributed by atoms with Crippen LogP contribution in [0.5, 0.6) is 5.75 Å². The van der Waals surface area contributed by atoms with E-state index in [0.717, 1.165) is 10.9 Å². The van der Waals surface area contributed by atoms with E-state index in [2.05, 4.69) is 46.9 Å². The molecule has 0 unspecified atom stereocenters. The van der Waals surface area contributed by atoms with E-state index in [1.165, 1.54) is 36.8 Å². The van der Waals surface area contributed by atoms with Crippen LogP contribution in [0.15, 0.2) is 67.3 Å². The first kappa shape index (κ1) is 41.4. The molecule has 1 aliphatic rings. The third-order valence-corrected chi connectivity index (χ3v) is 9.27. The number of aromatic amines is 2. The Bertz CT molecular complexity index is 2070. The molecule has 1 fully saturated rings. The van der Waals surface area contributed by atoms with E-state index in [4.69, 9.17) is 0 Å². The van der Waals surface area contributed by atoms with Crippen LogP contribution in [0.2, 0.25) is 0 Å². The van der Waals surface area contributed by atoms with Crippen LogP contribution in [-0.2, 0) is 52.8 Å². The van der Waals surface area contributed by atoms with Crippen molar-refractivity contribution in [3.8, 4) is 5.75 Å². The number of nitrogens with zero attached hydrogens (tertiary/aromatic N) is 1. The quantitative estimate of drug-likeness (QED) is 0.0466. The third kappa shape index (κ3) is 11.1. The Hall–Kier alpha value is -6.80. The number of para-hydroxylation sites is 1. The molecule has 5 rings (SSSR count). The van der Waals surface area contributed by atoms with Crippen molar-refractivity contribution in [2.24, 2.45) is 0 Å². The molecule has 20 nitrogen and oxygen atoms in total. The summed E-state index contributed by atoms with van der Waals surface area (Å²) in [5, 5.41) is 54.3. The van der Waals surface area contributed by atoms with Crippen molar-refractivity contribution < 1.29 is 54.0 Å². The van der Waals surface area contributed by atoms with E-state index in [1.807, 2.05) is 0 Å². The van der Waals surface area contributed by atoms with Crippen molar-refractivity contribution in [1.82, 2.24) is 46.9 Å². The van der Waals surface area contributed by atoms with Gasteiger partial charge in [-0.3, -0.25) is 28.8 Å². The first-order chi connectivity index (χ1) is 27.3. The number of imidazole rings is 1. The number of benzene rings is 2. The summed E-state index contributed by atoms with van der Waals surface area (Å²) < 4.78 is 0. The van der Waals surface area contributed by atoms with Gasteiger partial charge in [0.15, 0.2) is 0 Å². The number of phenolic OH excluding ortho intramolecular Hbond substituents is 1. The highest BCUT2D eigenvalue weighted by molar-refractivity contribution is 5.98. The van der Waals surface area contributed by atoms with Gasteiger partial charge in [0.1, 0.15) is 42.0 Å². The monoisotopic (exact) mass is 789 g/mol. The second-order valence-electron chi connectivity index (χ2n) is 13.4. The number of aliphatic hydroxyl groups excluding tert-OH is 2. The van der Waals surface area contributed by atoms with Gasteiger partial charge in [0, 0.05) is 49.0 Å². The maximum Gasteiger partial charge on any atom is 0.328 e. The van der Waals surface area contributed by atoms with Gasteiger partial charge in [-0.2, -0.15) is 0 Å². The number of rotatable bonds is 19. The van der Waals surface area contributed by atoms with E-state index in [-0.39, 0.29) is 43.8 Å². The molecule has 2 aromatic heterocycles. The first-order valence-electron chi connectivity index (χ1n) is 17.9. The highest BCUT2D eigenvalue weighted by Gasteiger charge is 2.35. The summed E-state index contributed by atoms with van der Waals surface area (Å²) in [6.45, 7) is -1.93. The molecule has 6 atom stereocenters. The highest BCUT2D eigenvalue weighted by Crippen LogP contribution is 2.20. The lowest BCUT2D eigenvalue weighted by atomic mass is 10.0. The predicted octanol–water partition coefficient (Wildman–Crippen LogP) is -2.60. The molecule has 0 saturated carbocycles. The number of amides is 6. The van der Waals surface area contributed by atoms with Gasteiger partial charge in [-0.25, -0.2) is 9.78 Å². The minimum Gasteiger partial charge on any atom is -0.508 e. The number of hydrogen-bond donors (Lipinski definition) is 12. The molecule has 57 heavy (non-hydrogen) atoms. The molecule has 12 N–H and O–H groups in total. The molecule has 0 aliphatic carbocycles. The Balaban J connectivity index is 1.37. The number of phenols is 1. The second-order valence-corrected chi connectivity index (χ2v) is 13.4. The molecule has 4 aromatic rings. The van der Waals surface area contributed by atoms with Crippen LogP contribution in [0, 0.1) is 0 Å². The minimum atomic E-state index is -1.71. The number of carbonyl (C=O) groups excluding carboxylic acids is 6. The molecule has 302 valence electrons. The smallest absolute Gasteiger partial charge is 0.328 e. The van der Waals surface area contributed by atoms with Crippen molar-refractivity contribution in [2.45, 2.75) is 68.4 Å². The number of nitrogens with one attached hydrogen (secondary N) is 8. The second kappa shape index (κ2) is 19.2. The van der Waals surface area contributed by atoms with E-state index >= 15 is 0 Å². The normalized spacial score (nSPS) is 16.3. The van der Waals surface area contributed by atoms with Crippen molar-refractivity contribution in [3.05, 3.63) is 84.1 Å². The lowest BCUT2D eigenvalue weighted by molar-refractivity contribution is -0.143. The predicted molar refractivity (Wildman–Crippen MR) is 199 cm³/mol. The van der Waals surface area contributed by atoms with Crippen LogP contribution in [0.3, 0.4) is 0 Å². The molecule has 1 saturated heterocycles. The summed E-state index contributed by atoms with van der Waals surface area (Å²) in [6.07, 6.45) is 4.43. The zero-order valence-corrected chi connectivity index (χ0v) is 30.4. The Morgan fingerprint density at radius 3 is 1.93 bits per heavy atom. The van der Waals surface area contributed by atoms with E-state index in [0.29, 0.717) is 16.8 Å². The molecule has 3 heterocycles. The number of fused-ring (bicyclic) bond motifs is 1. The van der Waals surface area contributed by atoms with Crippen LogP contribution in [0.1, 0.15) is 29.7 Å². The fourth-order valence-electron chi connectivity index (χ4n) is 6.18. The fourth-order valence-corrected chi connectivity index (χ4v) is 6.18. The van der Waals surface area contributed by atoms with Gasteiger partial charge >= 0.3 is 5.97 Å². The third-order valence-electron chi connectivity index (χ3n) is 9.27.